The van der Waals surface area contributed by atoms with Gasteiger partial charge in [0.15, 0.2) is 0 Å². The minimum absolute atomic E-state index is 0.380. The maximum absolute atomic E-state index is 10.3. The van der Waals surface area contributed by atoms with Crippen molar-refractivity contribution in [2.24, 2.45) is 5.73 Å². The van der Waals surface area contributed by atoms with Gasteiger partial charge in [-0.1, -0.05) is 0 Å². The van der Waals surface area contributed by atoms with Crippen molar-refractivity contribution in [2.75, 3.05) is 13.2 Å². The topological polar surface area (TPSA) is 113 Å². The van der Waals surface area contributed by atoms with E-state index in [1.165, 1.54) is 0 Å². The van der Waals surface area contributed by atoms with Gasteiger partial charge in [0.1, 0.15) is 6.10 Å². The number of esters is 1. The fourth-order valence-electron chi connectivity index (χ4n) is 0.352. The maximum Gasteiger partial charge on any atom is 0.322 e. The Kier molecular flexibility index (Phi) is 4.71. The van der Waals surface area contributed by atoms with Gasteiger partial charge in [-0.15, -0.1) is 0 Å². The first-order valence-corrected chi connectivity index (χ1v) is 2.98. The Morgan fingerprint density at radius 3 is 2.45 bits per heavy atom. The molecule has 0 rings (SSSR count). The third kappa shape index (κ3) is 3.89. The Morgan fingerprint density at radius 1 is 1.55 bits per heavy atom. The molecular formula is C5H11NO5. The van der Waals surface area contributed by atoms with E-state index in [0.29, 0.717) is 0 Å². The van der Waals surface area contributed by atoms with Crippen LogP contribution in [0.3, 0.4) is 0 Å². The zero-order valence-electron chi connectivity index (χ0n) is 5.80. The van der Waals surface area contributed by atoms with Crippen LogP contribution in [0.1, 0.15) is 0 Å². The van der Waals surface area contributed by atoms with Gasteiger partial charge in [-0.3, -0.25) is 4.79 Å². The van der Waals surface area contributed by atoms with Gasteiger partial charge in [0, 0.05) is 0 Å². The predicted molar refractivity (Wildman–Crippen MR) is 34.2 cm³/mol. The molecule has 11 heavy (non-hydrogen) atoms. The van der Waals surface area contributed by atoms with Crippen LogP contribution < -0.4 is 5.73 Å². The molecule has 0 saturated heterocycles. The summed E-state index contributed by atoms with van der Waals surface area (Å²) in [5.74, 6) is -0.843. The smallest absolute Gasteiger partial charge is 0.322 e. The fraction of sp³-hybridized carbons (Fsp3) is 0.800. The lowest BCUT2D eigenvalue weighted by Crippen LogP contribution is -2.35. The highest BCUT2D eigenvalue weighted by atomic mass is 16.6. The van der Waals surface area contributed by atoms with E-state index in [9.17, 15) is 4.79 Å². The number of ether oxygens (including phenoxy) is 1. The molecule has 0 aliphatic carbocycles. The third-order valence-corrected chi connectivity index (χ3v) is 0.935. The molecule has 0 aliphatic rings. The van der Waals surface area contributed by atoms with E-state index < -0.39 is 25.0 Å². The second kappa shape index (κ2) is 5.03. The Hall–Kier alpha value is -0.690. The first kappa shape index (κ1) is 10.3. The van der Waals surface area contributed by atoms with Gasteiger partial charge in [0.25, 0.3) is 0 Å². The Labute approximate surface area is 63.2 Å². The average Bonchev–Trinajstić information content (AvgIpc) is 2.02. The minimum atomic E-state index is -1.71. The van der Waals surface area contributed by atoms with Crippen molar-refractivity contribution in [1.29, 1.82) is 0 Å². The van der Waals surface area contributed by atoms with Crippen LogP contribution in [-0.4, -0.2) is 46.8 Å². The molecule has 0 spiro atoms. The van der Waals surface area contributed by atoms with Crippen LogP contribution in [0, 0.1) is 0 Å². The molecule has 0 bridgehead atoms. The second-order valence-electron chi connectivity index (χ2n) is 1.83. The van der Waals surface area contributed by atoms with E-state index in [1.54, 1.807) is 0 Å². The lowest BCUT2D eigenvalue weighted by atomic mass is 10.4. The number of rotatable bonds is 4. The zero-order valence-corrected chi connectivity index (χ0v) is 5.80. The van der Waals surface area contributed by atoms with Gasteiger partial charge in [-0.25, -0.2) is 0 Å². The monoisotopic (exact) mass is 165 g/mol. The molecule has 0 heterocycles. The number of carbonyl (C=O) groups excluding carboxylic acids is 1. The van der Waals surface area contributed by atoms with E-state index >= 15 is 0 Å². The summed E-state index contributed by atoms with van der Waals surface area (Å²) in [5.41, 5.74) is 4.83. The number of nitrogens with two attached hydrogens (primary N) is 1. The highest BCUT2D eigenvalue weighted by Gasteiger charge is 2.18. The highest BCUT2D eigenvalue weighted by molar-refractivity contribution is 5.71. The van der Waals surface area contributed by atoms with Gasteiger partial charge in [0.2, 0.25) is 6.29 Å². The largest absolute Gasteiger partial charge is 0.432 e. The lowest BCUT2D eigenvalue weighted by Gasteiger charge is -2.14. The molecule has 5 N–H and O–H groups in total. The van der Waals surface area contributed by atoms with Crippen molar-refractivity contribution < 1.29 is 24.9 Å². The molecule has 2 atom stereocenters. The van der Waals surface area contributed by atoms with Crippen molar-refractivity contribution in [3.05, 3.63) is 0 Å². The van der Waals surface area contributed by atoms with Gasteiger partial charge < -0.3 is 25.8 Å². The average molecular weight is 165 g/mol. The summed E-state index contributed by atoms with van der Waals surface area (Å²) in [4.78, 5) is 10.3. The summed E-state index contributed by atoms with van der Waals surface area (Å²) in [7, 11) is 0. The van der Waals surface area contributed by atoms with Gasteiger partial charge in [-0.2, -0.15) is 0 Å². The quantitative estimate of drug-likeness (QED) is 0.263. The van der Waals surface area contributed by atoms with Gasteiger partial charge >= 0.3 is 5.97 Å². The summed E-state index contributed by atoms with van der Waals surface area (Å²) in [5, 5.41) is 25.6. The fourth-order valence-corrected chi connectivity index (χ4v) is 0.352. The summed E-state index contributed by atoms with van der Waals surface area (Å²) in [6, 6.07) is 0. The zero-order chi connectivity index (χ0) is 8.85. The molecule has 0 fully saturated rings. The molecule has 0 aromatic carbocycles. The number of hydrogen-bond acceptors (Lipinski definition) is 6. The molecule has 0 aromatic heterocycles. The van der Waals surface area contributed by atoms with Crippen molar-refractivity contribution in [1.82, 2.24) is 0 Å². The molecule has 0 aromatic rings. The molecule has 0 saturated carbocycles. The maximum atomic E-state index is 10.3. The Morgan fingerprint density at radius 2 is 2.09 bits per heavy atom. The summed E-state index contributed by atoms with van der Waals surface area (Å²) < 4.78 is 4.13. The molecule has 0 radical (unpaired) electrons. The standard InChI is InChI=1S/C5H11NO5/c6-1-4(9)11-5(10)3(8)2-7/h3,5,7-8,10H,1-2,6H2. The van der Waals surface area contributed by atoms with Gasteiger partial charge in [-0.05, 0) is 0 Å². The van der Waals surface area contributed by atoms with E-state index in [0.717, 1.165) is 0 Å². The number of aliphatic hydroxyl groups is 3. The number of hydrogen-bond donors (Lipinski definition) is 4. The summed E-state index contributed by atoms with van der Waals surface area (Å²) >= 11 is 0. The molecule has 0 amide bonds. The molecule has 0 aliphatic heterocycles. The Balaban J connectivity index is 3.67. The van der Waals surface area contributed by atoms with E-state index in [-0.39, 0.29) is 6.54 Å². The summed E-state index contributed by atoms with van der Waals surface area (Å²) in [6.07, 6.45) is -3.19. The predicted octanol–water partition coefficient (Wildman–Crippen LogP) is -2.84. The molecule has 66 valence electrons. The first-order chi connectivity index (χ1) is 5.11. The molecule has 2 unspecified atom stereocenters. The van der Waals surface area contributed by atoms with Crippen molar-refractivity contribution in [3.8, 4) is 0 Å². The third-order valence-electron chi connectivity index (χ3n) is 0.935. The van der Waals surface area contributed by atoms with Crippen LogP contribution in [0.5, 0.6) is 0 Å². The Bertz CT molecular complexity index is 128. The van der Waals surface area contributed by atoms with Crippen molar-refractivity contribution >= 4 is 5.97 Å². The normalized spacial score (nSPS) is 15.6. The lowest BCUT2D eigenvalue weighted by molar-refractivity contribution is -0.188. The SMILES string of the molecule is NCC(=O)OC(O)C(O)CO. The van der Waals surface area contributed by atoms with Crippen LogP contribution in [0.4, 0.5) is 0 Å². The number of carbonyl (C=O) groups is 1. The van der Waals surface area contributed by atoms with Gasteiger partial charge in [0.05, 0.1) is 13.2 Å². The molecule has 6 heteroatoms. The van der Waals surface area contributed by atoms with Crippen LogP contribution in [0.2, 0.25) is 0 Å². The second-order valence-corrected chi connectivity index (χ2v) is 1.83. The molecular weight excluding hydrogens is 154 g/mol. The van der Waals surface area contributed by atoms with Crippen LogP contribution >= 0.6 is 0 Å². The minimum Gasteiger partial charge on any atom is -0.432 e. The first-order valence-electron chi connectivity index (χ1n) is 2.98. The number of aliphatic hydroxyl groups excluding tert-OH is 3. The van der Waals surface area contributed by atoms with Crippen molar-refractivity contribution in [3.63, 3.8) is 0 Å². The van der Waals surface area contributed by atoms with Crippen LogP contribution in [0.25, 0.3) is 0 Å². The van der Waals surface area contributed by atoms with E-state index in [2.05, 4.69) is 4.74 Å². The highest BCUT2D eigenvalue weighted by Crippen LogP contribution is 1.94. The summed E-state index contributed by atoms with van der Waals surface area (Å²) in [6.45, 7) is -1.06. The van der Waals surface area contributed by atoms with Crippen molar-refractivity contribution in [2.45, 2.75) is 12.4 Å². The van der Waals surface area contributed by atoms with E-state index in [4.69, 9.17) is 21.1 Å². The van der Waals surface area contributed by atoms with Crippen LogP contribution in [-0.2, 0) is 9.53 Å². The molecule has 6 nitrogen and oxygen atoms in total. The van der Waals surface area contributed by atoms with Crippen LogP contribution in [0.15, 0.2) is 0 Å². The van der Waals surface area contributed by atoms with E-state index in [1.807, 2.05) is 0 Å².